The van der Waals surface area contributed by atoms with Crippen LogP contribution in [0.5, 0.6) is 0 Å². The van der Waals surface area contributed by atoms with Crippen molar-refractivity contribution in [1.29, 1.82) is 0 Å². The van der Waals surface area contributed by atoms with Crippen molar-refractivity contribution < 1.29 is 0 Å². The molecule has 0 saturated heterocycles. The highest BCUT2D eigenvalue weighted by atomic mass is 32.1. The summed E-state index contributed by atoms with van der Waals surface area (Å²) in [5, 5.41) is 3.35. The van der Waals surface area contributed by atoms with Gasteiger partial charge in [-0.25, -0.2) is 4.98 Å². The van der Waals surface area contributed by atoms with E-state index in [1.807, 2.05) is 0 Å². The molecule has 1 heterocycles. The van der Waals surface area contributed by atoms with Gasteiger partial charge < -0.3 is 5.73 Å². The van der Waals surface area contributed by atoms with Gasteiger partial charge in [0.05, 0.1) is 11.2 Å². The van der Waals surface area contributed by atoms with Crippen LogP contribution in [0.15, 0.2) is 5.38 Å². The minimum absolute atomic E-state index is 0.162. The first-order valence-corrected chi connectivity index (χ1v) is 8.05. The van der Waals surface area contributed by atoms with Crippen LogP contribution in [-0.2, 0) is 5.54 Å². The summed E-state index contributed by atoms with van der Waals surface area (Å²) in [5.41, 5.74) is 7.71. The number of hydrogen-bond donors (Lipinski definition) is 1. The van der Waals surface area contributed by atoms with Crippen molar-refractivity contribution in [1.82, 2.24) is 4.98 Å². The summed E-state index contributed by atoms with van der Waals surface area (Å²) in [6, 6.07) is 0. The second-order valence-electron chi connectivity index (χ2n) is 6.49. The highest BCUT2D eigenvalue weighted by Crippen LogP contribution is 2.42. The molecule has 18 heavy (non-hydrogen) atoms. The maximum absolute atomic E-state index is 6.67. The van der Waals surface area contributed by atoms with E-state index in [0.29, 0.717) is 5.92 Å². The lowest BCUT2D eigenvalue weighted by Crippen LogP contribution is -2.42. The van der Waals surface area contributed by atoms with E-state index >= 15 is 0 Å². The third-order valence-electron chi connectivity index (χ3n) is 4.31. The topological polar surface area (TPSA) is 38.9 Å². The molecular formula is C15H26N2S. The van der Waals surface area contributed by atoms with E-state index in [1.165, 1.54) is 18.5 Å². The largest absolute Gasteiger partial charge is 0.319 e. The molecule has 1 aromatic rings. The van der Waals surface area contributed by atoms with Crippen LogP contribution in [0.3, 0.4) is 0 Å². The van der Waals surface area contributed by atoms with Gasteiger partial charge in [0, 0.05) is 5.38 Å². The zero-order valence-corrected chi connectivity index (χ0v) is 12.9. The van der Waals surface area contributed by atoms with Gasteiger partial charge in [0.2, 0.25) is 0 Å². The second-order valence-corrected chi connectivity index (χ2v) is 7.35. The van der Waals surface area contributed by atoms with Gasteiger partial charge in [0.15, 0.2) is 0 Å². The lowest BCUT2D eigenvalue weighted by atomic mass is 9.72. The van der Waals surface area contributed by atoms with E-state index < -0.39 is 0 Å². The molecule has 0 aromatic carbocycles. The van der Waals surface area contributed by atoms with Gasteiger partial charge in [-0.05, 0) is 30.6 Å². The Kier molecular flexibility index (Phi) is 4.12. The Morgan fingerprint density at radius 2 is 2.11 bits per heavy atom. The third-order valence-corrected chi connectivity index (χ3v) is 5.39. The molecule has 2 nitrogen and oxygen atoms in total. The highest BCUT2D eigenvalue weighted by Gasteiger charge is 2.37. The van der Waals surface area contributed by atoms with Crippen molar-refractivity contribution in [3.8, 4) is 0 Å². The molecule has 0 aliphatic heterocycles. The van der Waals surface area contributed by atoms with Gasteiger partial charge in [-0.3, -0.25) is 0 Å². The summed E-state index contributed by atoms with van der Waals surface area (Å²) >= 11 is 1.76. The molecule has 1 aromatic heterocycles. The van der Waals surface area contributed by atoms with Gasteiger partial charge >= 0.3 is 0 Å². The first-order chi connectivity index (χ1) is 8.42. The van der Waals surface area contributed by atoms with Crippen LogP contribution >= 0.6 is 11.3 Å². The molecule has 0 radical (unpaired) electrons. The van der Waals surface area contributed by atoms with E-state index in [0.717, 1.165) is 29.7 Å². The van der Waals surface area contributed by atoms with Crippen LogP contribution in [0, 0.1) is 11.8 Å². The third kappa shape index (κ3) is 2.77. The Morgan fingerprint density at radius 3 is 2.67 bits per heavy atom. The number of nitrogens with zero attached hydrogens (tertiary/aromatic N) is 1. The number of hydrogen-bond acceptors (Lipinski definition) is 3. The van der Waals surface area contributed by atoms with Crippen molar-refractivity contribution >= 4 is 11.3 Å². The lowest BCUT2D eigenvalue weighted by Gasteiger charge is -2.38. The fourth-order valence-corrected chi connectivity index (χ4v) is 4.03. The lowest BCUT2D eigenvalue weighted by molar-refractivity contribution is 0.183. The van der Waals surface area contributed by atoms with E-state index in [-0.39, 0.29) is 5.54 Å². The summed E-state index contributed by atoms with van der Waals surface area (Å²) in [6.07, 6.45) is 4.78. The minimum Gasteiger partial charge on any atom is -0.319 e. The van der Waals surface area contributed by atoms with Crippen molar-refractivity contribution in [2.24, 2.45) is 17.6 Å². The van der Waals surface area contributed by atoms with Crippen molar-refractivity contribution in [2.75, 3.05) is 0 Å². The van der Waals surface area contributed by atoms with Crippen molar-refractivity contribution in [3.63, 3.8) is 0 Å². The normalized spacial score (nSPS) is 29.2. The van der Waals surface area contributed by atoms with Crippen LogP contribution in [-0.4, -0.2) is 4.98 Å². The highest BCUT2D eigenvalue weighted by molar-refractivity contribution is 7.09. The maximum atomic E-state index is 6.67. The maximum Gasteiger partial charge on any atom is 0.113 e. The predicted octanol–water partition coefficient (Wildman–Crippen LogP) is 4.27. The quantitative estimate of drug-likeness (QED) is 0.887. The molecule has 0 amide bonds. The molecule has 2 N–H and O–H groups in total. The number of nitrogens with two attached hydrogens (primary N) is 1. The molecule has 102 valence electrons. The average Bonchev–Trinajstić information content (AvgIpc) is 2.79. The van der Waals surface area contributed by atoms with Gasteiger partial charge in [0.1, 0.15) is 5.01 Å². The summed E-state index contributed by atoms with van der Waals surface area (Å²) in [5.74, 6) is 2.00. The van der Waals surface area contributed by atoms with E-state index in [4.69, 9.17) is 10.7 Å². The molecule has 2 atom stereocenters. The van der Waals surface area contributed by atoms with Gasteiger partial charge in [0.25, 0.3) is 0 Å². The molecular weight excluding hydrogens is 240 g/mol. The Bertz CT molecular complexity index is 397. The zero-order valence-electron chi connectivity index (χ0n) is 12.1. The van der Waals surface area contributed by atoms with E-state index in [2.05, 4.69) is 33.1 Å². The van der Waals surface area contributed by atoms with Crippen LogP contribution in [0.2, 0.25) is 0 Å². The smallest absolute Gasteiger partial charge is 0.113 e. The molecule has 2 unspecified atom stereocenters. The van der Waals surface area contributed by atoms with Crippen LogP contribution in [0.4, 0.5) is 0 Å². The number of aromatic nitrogens is 1. The summed E-state index contributed by atoms with van der Waals surface area (Å²) in [7, 11) is 0. The first kappa shape index (κ1) is 14.0. The zero-order chi connectivity index (χ0) is 13.3. The molecule has 0 bridgehead atoms. The Labute approximate surface area is 115 Å². The Morgan fingerprint density at radius 1 is 1.39 bits per heavy atom. The summed E-state index contributed by atoms with van der Waals surface area (Å²) < 4.78 is 0. The summed E-state index contributed by atoms with van der Waals surface area (Å²) in [6.45, 7) is 9.02. The number of thiazole rings is 1. The molecule has 1 saturated carbocycles. The van der Waals surface area contributed by atoms with Gasteiger partial charge in [-0.1, -0.05) is 40.5 Å². The van der Waals surface area contributed by atoms with Crippen molar-refractivity contribution in [3.05, 3.63) is 16.1 Å². The fraction of sp³-hybridized carbons (Fsp3) is 0.800. The SMILES string of the molecule is CC(C)c1csc(C2(N)CCCC(C(C)C)C2)n1. The molecule has 0 spiro atoms. The molecule has 1 aliphatic rings. The second kappa shape index (κ2) is 5.30. The molecule has 1 fully saturated rings. The number of rotatable bonds is 3. The van der Waals surface area contributed by atoms with Gasteiger partial charge in [-0.2, -0.15) is 0 Å². The summed E-state index contributed by atoms with van der Waals surface area (Å²) in [4.78, 5) is 4.79. The van der Waals surface area contributed by atoms with E-state index in [1.54, 1.807) is 11.3 Å². The molecule has 3 heteroatoms. The molecule has 1 aliphatic carbocycles. The Hall–Kier alpha value is -0.410. The van der Waals surface area contributed by atoms with Crippen molar-refractivity contribution in [2.45, 2.75) is 64.8 Å². The van der Waals surface area contributed by atoms with Crippen LogP contribution < -0.4 is 5.73 Å². The standard InChI is InChI=1S/C15H26N2S/c1-10(2)12-6-5-7-15(16,8-12)14-17-13(9-18-14)11(3)4/h9-12H,5-8,16H2,1-4H3. The van der Waals surface area contributed by atoms with Gasteiger partial charge in [-0.15, -0.1) is 11.3 Å². The Balaban J connectivity index is 2.18. The molecule has 2 rings (SSSR count). The monoisotopic (exact) mass is 266 g/mol. The van der Waals surface area contributed by atoms with E-state index in [9.17, 15) is 0 Å². The predicted molar refractivity (Wildman–Crippen MR) is 78.9 cm³/mol. The minimum atomic E-state index is -0.162. The fourth-order valence-electron chi connectivity index (χ4n) is 2.89. The van der Waals surface area contributed by atoms with Crippen LogP contribution in [0.1, 0.15) is 70.0 Å². The first-order valence-electron chi connectivity index (χ1n) is 7.17. The van der Waals surface area contributed by atoms with Crippen LogP contribution in [0.25, 0.3) is 0 Å². The average molecular weight is 266 g/mol.